The molecular formula is C17H29N3O4. The van der Waals surface area contributed by atoms with E-state index in [2.05, 4.69) is 0 Å². The molecule has 0 aliphatic carbocycles. The van der Waals surface area contributed by atoms with E-state index in [0.717, 1.165) is 19.3 Å². The van der Waals surface area contributed by atoms with E-state index in [1.54, 1.807) is 6.08 Å². The van der Waals surface area contributed by atoms with Crippen molar-refractivity contribution in [1.29, 1.82) is 0 Å². The number of carbonyl (C=O) groups excluding carboxylic acids is 3. The standard InChI is InChI=1S/C17H29N3O4/c1-3-5-7-9-11-20(13-16(19)22)17(23)24-14(12-15(18)21)10-8-6-4-2/h5,7-8,10,14H,3-4,6,9,11-13H2,1-2H3,(H2,18,21)(H2,19,22)/b7-5-,10-8-. The molecule has 7 heteroatoms. The van der Waals surface area contributed by atoms with Crippen molar-refractivity contribution in [3.05, 3.63) is 24.3 Å². The molecule has 0 radical (unpaired) electrons. The maximum atomic E-state index is 12.3. The van der Waals surface area contributed by atoms with Crippen molar-refractivity contribution in [2.45, 2.75) is 52.1 Å². The van der Waals surface area contributed by atoms with Crippen molar-refractivity contribution in [3.8, 4) is 0 Å². The molecule has 4 N–H and O–H groups in total. The Kier molecular flexibility index (Phi) is 11.9. The van der Waals surface area contributed by atoms with Gasteiger partial charge in [0, 0.05) is 6.54 Å². The molecule has 0 fully saturated rings. The Morgan fingerprint density at radius 1 is 1.04 bits per heavy atom. The predicted molar refractivity (Wildman–Crippen MR) is 92.9 cm³/mol. The van der Waals surface area contributed by atoms with Gasteiger partial charge < -0.3 is 16.2 Å². The molecule has 0 spiro atoms. The van der Waals surface area contributed by atoms with Gasteiger partial charge in [0.15, 0.2) is 0 Å². The van der Waals surface area contributed by atoms with Gasteiger partial charge in [-0.3, -0.25) is 14.5 Å². The minimum Gasteiger partial charge on any atom is -0.441 e. The van der Waals surface area contributed by atoms with Crippen molar-refractivity contribution in [3.63, 3.8) is 0 Å². The number of rotatable bonds is 12. The monoisotopic (exact) mass is 339 g/mol. The summed E-state index contributed by atoms with van der Waals surface area (Å²) in [5, 5.41) is 0. The van der Waals surface area contributed by atoms with Gasteiger partial charge in [-0.1, -0.05) is 38.5 Å². The second-order valence-corrected chi connectivity index (χ2v) is 5.37. The quantitative estimate of drug-likeness (QED) is 0.528. The number of primary amides is 2. The van der Waals surface area contributed by atoms with Crippen LogP contribution >= 0.6 is 0 Å². The SMILES string of the molecule is CC/C=C\CCN(CC(N)=O)C(=O)OC(/C=C\CCC)CC(N)=O. The molecule has 24 heavy (non-hydrogen) atoms. The third-order valence-corrected chi connectivity index (χ3v) is 3.03. The lowest BCUT2D eigenvalue weighted by Gasteiger charge is -2.22. The summed E-state index contributed by atoms with van der Waals surface area (Å²) in [4.78, 5) is 35.7. The van der Waals surface area contributed by atoms with E-state index in [0.29, 0.717) is 13.0 Å². The van der Waals surface area contributed by atoms with Crippen molar-refractivity contribution in [1.82, 2.24) is 4.90 Å². The number of hydrogen-bond donors (Lipinski definition) is 2. The molecule has 0 aliphatic heterocycles. The van der Waals surface area contributed by atoms with Gasteiger partial charge in [0.25, 0.3) is 0 Å². The van der Waals surface area contributed by atoms with Crippen LogP contribution in [0, 0.1) is 0 Å². The molecule has 0 aliphatic rings. The summed E-state index contributed by atoms with van der Waals surface area (Å²) in [7, 11) is 0. The minimum atomic E-state index is -0.747. The number of carbonyl (C=O) groups is 3. The van der Waals surface area contributed by atoms with Gasteiger partial charge in [0.05, 0.1) is 6.42 Å². The average Bonchev–Trinajstić information content (AvgIpc) is 2.49. The summed E-state index contributed by atoms with van der Waals surface area (Å²) in [6.45, 7) is 4.09. The van der Waals surface area contributed by atoms with Crippen molar-refractivity contribution in [2.24, 2.45) is 11.5 Å². The summed E-state index contributed by atoms with van der Waals surface area (Å²) in [5.41, 5.74) is 10.4. The van der Waals surface area contributed by atoms with Crippen LogP contribution in [0.3, 0.4) is 0 Å². The third kappa shape index (κ3) is 11.3. The number of hydrogen-bond acceptors (Lipinski definition) is 4. The van der Waals surface area contributed by atoms with Gasteiger partial charge >= 0.3 is 6.09 Å². The van der Waals surface area contributed by atoms with E-state index < -0.39 is 24.0 Å². The molecule has 0 heterocycles. The number of amides is 3. The zero-order valence-corrected chi connectivity index (χ0v) is 14.6. The smallest absolute Gasteiger partial charge is 0.410 e. The van der Waals surface area contributed by atoms with Crippen LogP contribution in [0.1, 0.15) is 46.0 Å². The molecule has 1 unspecified atom stereocenters. The summed E-state index contributed by atoms with van der Waals surface area (Å²) in [6.07, 6.45) is 9.05. The van der Waals surface area contributed by atoms with Gasteiger partial charge in [0.1, 0.15) is 12.6 Å². The van der Waals surface area contributed by atoms with Crippen LogP contribution < -0.4 is 11.5 Å². The summed E-state index contributed by atoms with van der Waals surface area (Å²) in [5.74, 6) is -1.19. The first-order valence-electron chi connectivity index (χ1n) is 8.24. The molecule has 7 nitrogen and oxygen atoms in total. The van der Waals surface area contributed by atoms with Gasteiger partial charge in [-0.25, -0.2) is 4.79 Å². The molecule has 0 aromatic carbocycles. The van der Waals surface area contributed by atoms with Crippen LogP contribution in [-0.2, 0) is 14.3 Å². The van der Waals surface area contributed by atoms with E-state index in [1.807, 2.05) is 32.1 Å². The molecule has 3 amide bonds. The van der Waals surface area contributed by atoms with Crippen LogP contribution in [0.4, 0.5) is 4.79 Å². The van der Waals surface area contributed by atoms with E-state index >= 15 is 0 Å². The lowest BCUT2D eigenvalue weighted by molar-refractivity contribution is -0.121. The van der Waals surface area contributed by atoms with Gasteiger partial charge in [-0.15, -0.1) is 0 Å². The van der Waals surface area contributed by atoms with Crippen molar-refractivity contribution >= 4 is 17.9 Å². The minimum absolute atomic E-state index is 0.105. The fourth-order valence-electron chi connectivity index (χ4n) is 1.90. The van der Waals surface area contributed by atoms with Crippen LogP contribution in [0.5, 0.6) is 0 Å². The average molecular weight is 339 g/mol. The Labute approximate surface area is 143 Å². The molecule has 0 rings (SSSR count). The van der Waals surface area contributed by atoms with Crippen LogP contribution in [0.25, 0.3) is 0 Å². The van der Waals surface area contributed by atoms with E-state index in [9.17, 15) is 14.4 Å². The van der Waals surface area contributed by atoms with Crippen LogP contribution in [-0.4, -0.2) is 42.0 Å². The summed E-state index contributed by atoms with van der Waals surface area (Å²) < 4.78 is 5.30. The van der Waals surface area contributed by atoms with Crippen molar-refractivity contribution in [2.75, 3.05) is 13.1 Å². The zero-order chi connectivity index (χ0) is 18.4. The number of allylic oxidation sites excluding steroid dienone is 2. The summed E-state index contributed by atoms with van der Waals surface area (Å²) >= 11 is 0. The molecule has 136 valence electrons. The summed E-state index contributed by atoms with van der Waals surface area (Å²) in [6, 6.07) is 0. The van der Waals surface area contributed by atoms with Crippen LogP contribution in [0.15, 0.2) is 24.3 Å². The number of nitrogens with zero attached hydrogens (tertiary/aromatic N) is 1. The second kappa shape index (κ2) is 13.2. The first-order valence-corrected chi connectivity index (χ1v) is 8.24. The topological polar surface area (TPSA) is 116 Å². The highest BCUT2D eigenvalue weighted by Crippen LogP contribution is 2.07. The van der Waals surface area contributed by atoms with E-state index in [4.69, 9.17) is 16.2 Å². The highest BCUT2D eigenvalue weighted by Gasteiger charge is 2.21. The highest BCUT2D eigenvalue weighted by atomic mass is 16.6. The Bertz CT molecular complexity index is 461. The highest BCUT2D eigenvalue weighted by molar-refractivity contribution is 5.81. The predicted octanol–water partition coefficient (Wildman–Crippen LogP) is 1.87. The van der Waals surface area contributed by atoms with Gasteiger partial charge in [-0.2, -0.15) is 0 Å². The zero-order valence-electron chi connectivity index (χ0n) is 14.6. The van der Waals surface area contributed by atoms with Gasteiger partial charge in [0.2, 0.25) is 11.8 Å². The molecule has 0 saturated heterocycles. The Hall–Kier alpha value is -2.31. The second-order valence-electron chi connectivity index (χ2n) is 5.37. The Morgan fingerprint density at radius 3 is 2.29 bits per heavy atom. The van der Waals surface area contributed by atoms with E-state index in [-0.39, 0.29) is 13.0 Å². The largest absolute Gasteiger partial charge is 0.441 e. The van der Waals surface area contributed by atoms with Gasteiger partial charge in [-0.05, 0) is 25.3 Å². The van der Waals surface area contributed by atoms with E-state index in [1.165, 1.54) is 4.90 Å². The molecule has 0 aromatic heterocycles. The molecular weight excluding hydrogens is 310 g/mol. The first-order chi connectivity index (χ1) is 11.4. The maximum absolute atomic E-state index is 12.3. The number of unbranched alkanes of at least 4 members (excludes halogenated alkanes) is 1. The Balaban J connectivity index is 4.83. The lowest BCUT2D eigenvalue weighted by Crippen LogP contribution is -2.41. The van der Waals surface area contributed by atoms with Crippen LogP contribution in [0.2, 0.25) is 0 Å². The number of ether oxygens (including phenoxy) is 1. The normalized spacial score (nSPS) is 12.4. The molecule has 1 atom stereocenters. The van der Waals surface area contributed by atoms with Crippen molar-refractivity contribution < 1.29 is 19.1 Å². The Morgan fingerprint density at radius 2 is 1.75 bits per heavy atom. The fraction of sp³-hybridized carbons (Fsp3) is 0.588. The fourth-order valence-corrected chi connectivity index (χ4v) is 1.90. The molecule has 0 aromatic rings. The lowest BCUT2D eigenvalue weighted by atomic mass is 10.2. The molecule has 0 bridgehead atoms. The first kappa shape index (κ1) is 21.7. The third-order valence-electron chi connectivity index (χ3n) is 3.03. The molecule has 0 saturated carbocycles. The maximum Gasteiger partial charge on any atom is 0.410 e. The number of nitrogens with two attached hydrogens (primary N) is 2.